The first-order valence-corrected chi connectivity index (χ1v) is 5.92. The molecule has 2 atom stereocenters. The molecule has 0 radical (unpaired) electrons. The van der Waals surface area contributed by atoms with Crippen LogP contribution >= 0.6 is 0 Å². The molecule has 0 amide bonds. The van der Waals surface area contributed by atoms with Crippen LogP contribution in [0.1, 0.15) is 23.1 Å². The lowest BCUT2D eigenvalue weighted by Gasteiger charge is -2.27. The fourth-order valence-corrected chi connectivity index (χ4v) is 2.13. The molecule has 0 saturated carbocycles. The SMILES string of the molecule is NC(c1ccccc1)C(c1ccccc1)C(F)(F)F. The van der Waals surface area contributed by atoms with Gasteiger partial charge >= 0.3 is 6.18 Å². The van der Waals surface area contributed by atoms with Gasteiger partial charge in [-0.3, -0.25) is 0 Å². The van der Waals surface area contributed by atoms with Crippen LogP contribution in [0.2, 0.25) is 0 Å². The van der Waals surface area contributed by atoms with Crippen molar-refractivity contribution < 1.29 is 13.2 Å². The first kappa shape index (κ1) is 13.6. The van der Waals surface area contributed by atoms with E-state index in [1.54, 1.807) is 48.5 Å². The number of nitrogens with two attached hydrogens (primary N) is 1. The highest BCUT2D eigenvalue weighted by Crippen LogP contribution is 2.42. The van der Waals surface area contributed by atoms with E-state index in [1.807, 2.05) is 0 Å². The Morgan fingerprint density at radius 3 is 1.58 bits per heavy atom. The lowest BCUT2D eigenvalue weighted by atomic mass is 9.87. The van der Waals surface area contributed by atoms with E-state index in [-0.39, 0.29) is 5.56 Å². The predicted octanol–water partition coefficient (Wildman–Crippen LogP) is 4.03. The lowest BCUT2D eigenvalue weighted by molar-refractivity contribution is -0.155. The van der Waals surface area contributed by atoms with E-state index in [0.717, 1.165) is 0 Å². The molecule has 0 heterocycles. The van der Waals surface area contributed by atoms with Crippen molar-refractivity contribution in [3.05, 3.63) is 71.8 Å². The van der Waals surface area contributed by atoms with Crippen molar-refractivity contribution in [2.75, 3.05) is 0 Å². The molecule has 4 heteroatoms. The summed E-state index contributed by atoms with van der Waals surface area (Å²) in [5, 5.41) is 0. The van der Waals surface area contributed by atoms with Gasteiger partial charge in [0.1, 0.15) is 0 Å². The van der Waals surface area contributed by atoms with Crippen LogP contribution in [0.5, 0.6) is 0 Å². The standard InChI is InChI=1S/C15H14F3N/c16-15(17,18)13(11-7-3-1-4-8-11)14(19)12-9-5-2-6-10-12/h1-10,13-14H,19H2. The Morgan fingerprint density at radius 2 is 1.16 bits per heavy atom. The molecule has 0 aliphatic heterocycles. The smallest absolute Gasteiger partial charge is 0.323 e. The first-order chi connectivity index (χ1) is 9.00. The zero-order valence-corrected chi connectivity index (χ0v) is 10.1. The third-order valence-corrected chi connectivity index (χ3v) is 3.05. The average molecular weight is 265 g/mol. The van der Waals surface area contributed by atoms with Gasteiger partial charge in [-0.1, -0.05) is 60.7 Å². The Morgan fingerprint density at radius 1 is 0.737 bits per heavy atom. The van der Waals surface area contributed by atoms with E-state index in [1.165, 1.54) is 12.1 Å². The second-order valence-corrected chi connectivity index (χ2v) is 4.37. The molecule has 2 rings (SSSR count). The van der Waals surface area contributed by atoms with Crippen molar-refractivity contribution in [1.82, 2.24) is 0 Å². The van der Waals surface area contributed by atoms with Gasteiger partial charge in [-0.25, -0.2) is 0 Å². The number of hydrogen-bond acceptors (Lipinski definition) is 1. The van der Waals surface area contributed by atoms with Crippen molar-refractivity contribution in [1.29, 1.82) is 0 Å². The summed E-state index contributed by atoms with van der Waals surface area (Å²) in [5.41, 5.74) is 6.50. The van der Waals surface area contributed by atoms with Gasteiger partial charge in [-0.05, 0) is 11.1 Å². The molecular weight excluding hydrogens is 251 g/mol. The van der Waals surface area contributed by atoms with Gasteiger partial charge in [0.05, 0.1) is 5.92 Å². The maximum absolute atomic E-state index is 13.3. The van der Waals surface area contributed by atoms with Crippen molar-refractivity contribution in [2.45, 2.75) is 18.1 Å². The summed E-state index contributed by atoms with van der Waals surface area (Å²) in [6.07, 6.45) is -4.38. The summed E-state index contributed by atoms with van der Waals surface area (Å²) in [6.45, 7) is 0. The summed E-state index contributed by atoms with van der Waals surface area (Å²) >= 11 is 0. The molecule has 0 bridgehead atoms. The Labute approximate surface area is 109 Å². The molecule has 2 aromatic rings. The quantitative estimate of drug-likeness (QED) is 0.890. The number of halogens is 3. The average Bonchev–Trinajstić information content (AvgIpc) is 2.39. The minimum Gasteiger partial charge on any atom is -0.323 e. The molecule has 1 nitrogen and oxygen atoms in total. The molecule has 19 heavy (non-hydrogen) atoms. The van der Waals surface area contributed by atoms with E-state index >= 15 is 0 Å². The van der Waals surface area contributed by atoms with Crippen molar-refractivity contribution >= 4 is 0 Å². The maximum Gasteiger partial charge on any atom is 0.397 e. The molecule has 0 saturated heterocycles. The minimum atomic E-state index is -4.38. The van der Waals surface area contributed by atoms with Gasteiger partial charge in [-0.15, -0.1) is 0 Å². The Balaban J connectivity index is 2.40. The topological polar surface area (TPSA) is 26.0 Å². The van der Waals surface area contributed by atoms with Crippen LogP contribution in [0.3, 0.4) is 0 Å². The van der Waals surface area contributed by atoms with E-state index in [9.17, 15) is 13.2 Å². The minimum absolute atomic E-state index is 0.186. The molecular formula is C15H14F3N. The van der Waals surface area contributed by atoms with Gasteiger partial charge in [-0.2, -0.15) is 13.2 Å². The zero-order valence-electron chi connectivity index (χ0n) is 10.1. The molecule has 0 aliphatic rings. The maximum atomic E-state index is 13.3. The van der Waals surface area contributed by atoms with Crippen LogP contribution in [0.4, 0.5) is 13.2 Å². The van der Waals surface area contributed by atoms with E-state index in [2.05, 4.69) is 0 Å². The normalized spacial score (nSPS) is 14.9. The van der Waals surface area contributed by atoms with Gasteiger partial charge in [0.2, 0.25) is 0 Å². The third-order valence-electron chi connectivity index (χ3n) is 3.05. The summed E-state index contributed by atoms with van der Waals surface area (Å²) < 4.78 is 39.8. The first-order valence-electron chi connectivity index (χ1n) is 5.92. The van der Waals surface area contributed by atoms with E-state index < -0.39 is 18.1 Å². The Bertz CT molecular complexity index is 508. The fourth-order valence-electron chi connectivity index (χ4n) is 2.13. The highest BCUT2D eigenvalue weighted by atomic mass is 19.4. The highest BCUT2D eigenvalue weighted by molar-refractivity contribution is 5.29. The molecule has 0 fully saturated rings. The van der Waals surface area contributed by atoms with Gasteiger partial charge < -0.3 is 5.73 Å². The van der Waals surface area contributed by atoms with Crippen LogP contribution in [0.25, 0.3) is 0 Å². The molecule has 100 valence electrons. The van der Waals surface area contributed by atoms with Gasteiger partial charge in [0, 0.05) is 6.04 Å². The second-order valence-electron chi connectivity index (χ2n) is 4.37. The van der Waals surface area contributed by atoms with Crippen LogP contribution in [0.15, 0.2) is 60.7 Å². The van der Waals surface area contributed by atoms with Crippen LogP contribution < -0.4 is 5.73 Å². The molecule has 0 aliphatic carbocycles. The van der Waals surface area contributed by atoms with Crippen molar-refractivity contribution in [3.63, 3.8) is 0 Å². The fraction of sp³-hybridized carbons (Fsp3) is 0.200. The van der Waals surface area contributed by atoms with Crippen molar-refractivity contribution in [2.24, 2.45) is 5.73 Å². The summed E-state index contributed by atoms with van der Waals surface area (Å²) in [5.74, 6) is -1.70. The summed E-state index contributed by atoms with van der Waals surface area (Å²) in [4.78, 5) is 0. The van der Waals surface area contributed by atoms with Gasteiger partial charge in [0.15, 0.2) is 0 Å². The zero-order chi connectivity index (χ0) is 13.9. The molecule has 2 unspecified atom stereocenters. The highest BCUT2D eigenvalue weighted by Gasteiger charge is 2.44. The Hall–Kier alpha value is -1.81. The van der Waals surface area contributed by atoms with Crippen LogP contribution in [0, 0.1) is 0 Å². The number of hydrogen-bond donors (Lipinski definition) is 1. The number of alkyl halides is 3. The van der Waals surface area contributed by atoms with Crippen LogP contribution in [-0.4, -0.2) is 6.18 Å². The second kappa shape index (κ2) is 5.45. The molecule has 0 spiro atoms. The summed E-state index contributed by atoms with van der Waals surface area (Å²) in [6, 6.07) is 15.0. The predicted molar refractivity (Wildman–Crippen MR) is 68.6 cm³/mol. The van der Waals surface area contributed by atoms with E-state index in [0.29, 0.717) is 5.56 Å². The van der Waals surface area contributed by atoms with Crippen molar-refractivity contribution in [3.8, 4) is 0 Å². The third kappa shape index (κ3) is 3.15. The Kier molecular flexibility index (Phi) is 3.90. The monoisotopic (exact) mass is 265 g/mol. The summed E-state index contributed by atoms with van der Waals surface area (Å²) in [7, 11) is 0. The largest absolute Gasteiger partial charge is 0.397 e. The number of benzene rings is 2. The van der Waals surface area contributed by atoms with Crippen LogP contribution in [-0.2, 0) is 0 Å². The molecule has 2 aromatic carbocycles. The lowest BCUT2D eigenvalue weighted by Crippen LogP contribution is -2.31. The molecule has 2 N–H and O–H groups in total. The van der Waals surface area contributed by atoms with E-state index in [4.69, 9.17) is 5.73 Å². The number of rotatable bonds is 3. The molecule has 0 aromatic heterocycles. The van der Waals surface area contributed by atoms with Gasteiger partial charge in [0.25, 0.3) is 0 Å².